The quantitative estimate of drug-likeness (QED) is 0.0321. The molecular formula is C57H109NO5. The summed E-state index contributed by atoms with van der Waals surface area (Å²) in [5.74, 6) is -0.0797. The van der Waals surface area contributed by atoms with E-state index in [1.54, 1.807) is 6.08 Å². The summed E-state index contributed by atoms with van der Waals surface area (Å²) < 4.78 is 5.48. The van der Waals surface area contributed by atoms with Gasteiger partial charge in [-0.15, -0.1) is 0 Å². The molecule has 63 heavy (non-hydrogen) atoms. The number of aliphatic hydroxyl groups is 2. The van der Waals surface area contributed by atoms with Crippen LogP contribution in [0.3, 0.4) is 0 Å². The second kappa shape index (κ2) is 53.0. The second-order valence-electron chi connectivity index (χ2n) is 19.3. The van der Waals surface area contributed by atoms with Gasteiger partial charge in [-0.25, -0.2) is 0 Å². The fraction of sp³-hybridized carbons (Fsp3) is 0.895. The molecule has 0 bridgehead atoms. The number of amides is 1. The summed E-state index contributed by atoms with van der Waals surface area (Å²) in [7, 11) is 0. The largest absolute Gasteiger partial charge is 0.466 e. The zero-order chi connectivity index (χ0) is 45.8. The fourth-order valence-corrected chi connectivity index (χ4v) is 8.63. The summed E-state index contributed by atoms with van der Waals surface area (Å²) in [6, 6.07) is -0.633. The molecule has 372 valence electrons. The first kappa shape index (κ1) is 61.3. The van der Waals surface area contributed by atoms with Gasteiger partial charge in [-0.3, -0.25) is 9.59 Å². The normalized spacial score (nSPS) is 12.8. The van der Waals surface area contributed by atoms with Crippen molar-refractivity contribution in [2.24, 2.45) is 0 Å². The minimum absolute atomic E-state index is 0.00337. The highest BCUT2D eigenvalue weighted by Crippen LogP contribution is 2.16. The topological polar surface area (TPSA) is 95.9 Å². The highest BCUT2D eigenvalue weighted by molar-refractivity contribution is 5.76. The van der Waals surface area contributed by atoms with E-state index >= 15 is 0 Å². The molecule has 0 aliphatic carbocycles. The van der Waals surface area contributed by atoms with Gasteiger partial charge in [-0.2, -0.15) is 0 Å². The van der Waals surface area contributed by atoms with Gasteiger partial charge in [-0.1, -0.05) is 256 Å². The number of carbonyl (C=O) groups excluding carboxylic acids is 2. The van der Waals surface area contributed by atoms with Crippen LogP contribution in [0.25, 0.3) is 0 Å². The summed E-state index contributed by atoms with van der Waals surface area (Å²) in [4.78, 5) is 24.5. The van der Waals surface area contributed by atoms with E-state index in [9.17, 15) is 19.8 Å². The number of carbonyl (C=O) groups is 2. The molecule has 1 amide bonds. The number of ether oxygens (including phenoxy) is 1. The molecule has 0 spiro atoms. The molecule has 0 saturated heterocycles. The first-order valence-electron chi connectivity index (χ1n) is 28.1. The Morgan fingerprint density at radius 3 is 1.13 bits per heavy atom. The number of hydrogen-bond donors (Lipinski definition) is 3. The Bertz CT molecular complexity index is 982. The van der Waals surface area contributed by atoms with Gasteiger partial charge in [0.15, 0.2) is 0 Å². The Morgan fingerprint density at radius 1 is 0.429 bits per heavy atom. The van der Waals surface area contributed by atoms with E-state index in [4.69, 9.17) is 4.74 Å². The van der Waals surface area contributed by atoms with Crippen molar-refractivity contribution in [1.29, 1.82) is 0 Å². The Balaban J connectivity index is 3.43. The lowest BCUT2D eigenvalue weighted by Gasteiger charge is -2.20. The van der Waals surface area contributed by atoms with E-state index in [2.05, 4.69) is 31.3 Å². The lowest BCUT2D eigenvalue weighted by molar-refractivity contribution is -0.143. The fourth-order valence-electron chi connectivity index (χ4n) is 8.63. The van der Waals surface area contributed by atoms with Crippen LogP contribution in [0.15, 0.2) is 24.3 Å². The van der Waals surface area contributed by atoms with Crippen molar-refractivity contribution < 1.29 is 24.5 Å². The molecule has 2 atom stereocenters. The van der Waals surface area contributed by atoms with Gasteiger partial charge in [0.25, 0.3) is 0 Å². The van der Waals surface area contributed by atoms with Crippen LogP contribution in [0.2, 0.25) is 0 Å². The van der Waals surface area contributed by atoms with E-state index < -0.39 is 12.1 Å². The maximum absolute atomic E-state index is 12.4. The number of aliphatic hydroxyl groups excluding tert-OH is 2. The van der Waals surface area contributed by atoms with Crippen molar-refractivity contribution in [3.05, 3.63) is 24.3 Å². The molecule has 0 rings (SSSR count). The molecular weight excluding hydrogens is 779 g/mol. The Kier molecular flexibility index (Phi) is 51.6. The van der Waals surface area contributed by atoms with Crippen molar-refractivity contribution in [1.82, 2.24) is 5.32 Å². The first-order chi connectivity index (χ1) is 31.0. The zero-order valence-electron chi connectivity index (χ0n) is 42.3. The summed E-state index contributed by atoms with van der Waals surface area (Å²) in [5.41, 5.74) is 0. The van der Waals surface area contributed by atoms with Gasteiger partial charge in [0.05, 0.1) is 25.4 Å². The highest BCUT2D eigenvalue weighted by Gasteiger charge is 2.18. The van der Waals surface area contributed by atoms with E-state index in [0.717, 1.165) is 51.4 Å². The standard InChI is InChI=1S/C57H109NO5/c1-3-5-7-9-11-13-15-17-18-19-20-23-27-31-35-39-43-47-51-57(62)63-52-48-44-40-36-32-28-24-21-22-26-30-34-38-42-46-50-56(61)58-54(53-59)55(60)49-45-41-37-33-29-25-16-14-12-10-8-6-4-2/h18-19,45,49,54-55,59-60H,3-17,20-44,46-48,50-53H2,1-2H3,(H,58,61)/b19-18-,49-45+. The van der Waals surface area contributed by atoms with Crippen LogP contribution in [0.4, 0.5) is 0 Å². The number of rotatable bonds is 52. The third-order valence-electron chi connectivity index (χ3n) is 13.0. The summed E-state index contributed by atoms with van der Waals surface area (Å²) >= 11 is 0. The number of hydrogen-bond acceptors (Lipinski definition) is 5. The van der Waals surface area contributed by atoms with Gasteiger partial charge in [0, 0.05) is 12.8 Å². The zero-order valence-corrected chi connectivity index (χ0v) is 42.3. The molecule has 0 aromatic heterocycles. The predicted octanol–water partition coefficient (Wildman–Crippen LogP) is 17.1. The van der Waals surface area contributed by atoms with Gasteiger partial charge in [0.2, 0.25) is 5.91 Å². The van der Waals surface area contributed by atoms with Crippen LogP contribution in [0.5, 0.6) is 0 Å². The van der Waals surface area contributed by atoms with Crippen LogP contribution in [-0.4, -0.2) is 47.4 Å². The molecule has 0 aromatic rings. The third kappa shape index (κ3) is 49.6. The average molecular weight is 889 g/mol. The predicted molar refractivity (Wildman–Crippen MR) is 273 cm³/mol. The minimum Gasteiger partial charge on any atom is -0.466 e. The SMILES string of the molecule is CCCCCCCCC/C=C\CCCCCCCCCC(=O)OCCCCCCCCCCCCCCCCCC(=O)NC(CO)C(O)/C=C/CCCCCCCCCCCCC. The second-order valence-corrected chi connectivity index (χ2v) is 19.3. The number of esters is 1. The molecule has 6 heteroatoms. The van der Waals surface area contributed by atoms with E-state index in [0.29, 0.717) is 19.4 Å². The van der Waals surface area contributed by atoms with Gasteiger partial charge in [0.1, 0.15) is 0 Å². The molecule has 0 saturated carbocycles. The van der Waals surface area contributed by atoms with Crippen molar-refractivity contribution in [2.75, 3.05) is 13.2 Å². The number of allylic oxidation sites excluding steroid dienone is 3. The van der Waals surface area contributed by atoms with Gasteiger partial charge >= 0.3 is 5.97 Å². The smallest absolute Gasteiger partial charge is 0.305 e. The number of unbranched alkanes of at least 4 members (excludes halogenated alkanes) is 39. The monoisotopic (exact) mass is 888 g/mol. The molecule has 0 heterocycles. The molecule has 3 N–H and O–H groups in total. The molecule has 0 fully saturated rings. The summed E-state index contributed by atoms with van der Waals surface area (Å²) in [6.45, 7) is 4.88. The lowest BCUT2D eigenvalue weighted by Crippen LogP contribution is -2.45. The summed E-state index contributed by atoms with van der Waals surface area (Å²) in [6.07, 6.45) is 63.3. The third-order valence-corrected chi connectivity index (χ3v) is 13.0. The van der Waals surface area contributed by atoms with Crippen molar-refractivity contribution >= 4 is 11.9 Å². The lowest BCUT2D eigenvalue weighted by atomic mass is 10.0. The number of nitrogens with one attached hydrogen (secondary N) is 1. The van der Waals surface area contributed by atoms with Crippen molar-refractivity contribution in [3.8, 4) is 0 Å². The molecule has 2 unspecified atom stereocenters. The van der Waals surface area contributed by atoms with E-state index in [1.165, 1.54) is 225 Å². The Labute approximate surface area is 392 Å². The molecule has 0 aliphatic rings. The van der Waals surface area contributed by atoms with Crippen LogP contribution < -0.4 is 5.32 Å². The Hall–Kier alpha value is -1.66. The molecule has 0 aromatic carbocycles. The van der Waals surface area contributed by atoms with E-state index in [1.807, 2.05) is 6.08 Å². The van der Waals surface area contributed by atoms with Crippen molar-refractivity contribution in [3.63, 3.8) is 0 Å². The van der Waals surface area contributed by atoms with Crippen molar-refractivity contribution in [2.45, 2.75) is 315 Å². The van der Waals surface area contributed by atoms with Crippen LogP contribution in [-0.2, 0) is 14.3 Å². The van der Waals surface area contributed by atoms with Crippen LogP contribution >= 0.6 is 0 Å². The molecule has 0 aliphatic heterocycles. The molecule has 0 radical (unpaired) electrons. The Morgan fingerprint density at radius 2 is 0.746 bits per heavy atom. The van der Waals surface area contributed by atoms with Gasteiger partial charge in [-0.05, 0) is 57.8 Å². The maximum Gasteiger partial charge on any atom is 0.305 e. The van der Waals surface area contributed by atoms with Crippen LogP contribution in [0, 0.1) is 0 Å². The van der Waals surface area contributed by atoms with E-state index in [-0.39, 0.29) is 18.5 Å². The highest BCUT2D eigenvalue weighted by atomic mass is 16.5. The maximum atomic E-state index is 12.4. The minimum atomic E-state index is -0.849. The van der Waals surface area contributed by atoms with Gasteiger partial charge < -0.3 is 20.3 Å². The molecule has 6 nitrogen and oxygen atoms in total. The summed E-state index contributed by atoms with van der Waals surface area (Å²) in [5, 5.41) is 23.0. The first-order valence-corrected chi connectivity index (χ1v) is 28.1. The average Bonchev–Trinajstić information content (AvgIpc) is 3.28. The van der Waals surface area contributed by atoms with Crippen LogP contribution in [0.1, 0.15) is 303 Å².